The van der Waals surface area contributed by atoms with Crippen LogP contribution in [-0.2, 0) is 16.8 Å². The van der Waals surface area contributed by atoms with Crippen molar-refractivity contribution in [1.29, 1.82) is 0 Å². The maximum absolute atomic E-state index is 6.01. The fourth-order valence-electron chi connectivity index (χ4n) is 2.90. The first kappa shape index (κ1) is 14.2. The summed E-state index contributed by atoms with van der Waals surface area (Å²) in [6.07, 6.45) is 3.41. The largest absolute Gasteiger partial charge is 0.496 e. The van der Waals surface area contributed by atoms with E-state index in [0.717, 1.165) is 35.5 Å². The molecule has 0 aromatic heterocycles. The van der Waals surface area contributed by atoms with Crippen LogP contribution in [0.1, 0.15) is 30.4 Å². The molecule has 0 heterocycles. The van der Waals surface area contributed by atoms with Crippen molar-refractivity contribution in [3.63, 3.8) is 0 Å². The van der Waals surface area contributed by atoms with Crippen molar-refractivity contribution < 1.29 is 14.2 Å². The first-order valence-corrected chi connectivity index (χ1v) is 6.65. The molecule has 0 bridgehead atoms. The second-order valence-electron chi connectivity index (χ2n) is 5.15. The molecule has 4 nitrogen and oxygen atoms in total. The fourth-order valence-corrected chi connectivity index (χ4v) is 2.90. The zero-order chi connectivity index (χ0) is 13.9. The number of ether oxygens (including phenoxy) is 3. The molecule has 4 heteroatoms. The molecule has 1 aliphatic rings. The molecule has 1 aromatic rings. The van der Waals surface area contributed by atoms with Gasteiger partial charge in [0.25, 0.3) is 0 Å². The predicted octanol–water partition coefficient (Wildman–Crippen LogP) is 2.23. The smallest absolute Gasteiger partial charge is 0.126 e. The highest BCUT2D eigenvalue weighted by atomic mass is 16.5. The van der Waals surface area contributed by atoms with E-state index in [2.05, 4.69) is 0 Å². The third-order valence-electron chi connectivity index (χ3n) is 4.11. The summed E-state index contributed by atoms with van der Waals surface area (Å²) in [5.41, 5.74) is 8.19. The van der Waals surface area contributed by atoms with Crippen LogP contribution in [0, 0.1) is 0 Å². The Morgan fingerprint density at radius 2 is 1.68 bits per heavy atom. The maximum Gasteiger partial charge on any atom is 0.126 e. The Hall–Kier alpha value is -1.26. The first-order chi connectivity index (χ1) is 9.20. The summed E-state index contributed by atoms with van der Waals surface area (Å²) in [7, 11) is 5.07. The van der Waals surface area contributed by atoms with Gasteiger partial charge in [-0.2, -0.15) is 0 Å². The molecule has 0 saturated heterocycles. The van der Waals surface area contributed by atoms with Crippen LogP contribution in [0.4, 0.5) is 0 Å². The van der Waals surface area contributed by atoms with E-state index >= 15 is 0 Å². The van der Waals surface area contributed by atoms with Gasteiger partial charge < -0.3 is 19.9 Å². The van der Waals surface area contributed by atoms with Gasteiger partial charge in [0, 0.05) is 24.6 Å². The van der Waals surface area contributed by atoms with E-state index in [4.69, 9.17) is 19.9 Å². The van der Waals surface area contributed by atoms with E-state index in [0.29, 0.717) is 13.2 Å². The van der Waals surface area contributed by atoms with Crippen LogP contribution in [0.2, 0.25) is 0 Å². The normalized spacial score (nSPS) is 16.8. The Bertz CT molecular complexity index is 411. The SMILES string of the molecule is COCc1cc(OC)c(C2(CN)CCC2)c(OC)c1. The van der Waals surface area contributed by atoms with Crippen LogP contribution in [0.3, 0.4) is 0 Å². The topological polar surface area (TPSA) is 53.7 Å². The zero-order valence-electron chi connectivity index (χ0n) is 12.0. The second-order valence-corrected chi connectivity index (χ2v) is 5.15. The monoisotopic (exact) mass is 265 g/mol. The van der Waals surface area contributed by atoms with Crippen LogP contribution in [-0.4, -0.2) is 27.9 Å². The van der Waals surface area contributed by atoms with E-state index in [1.165, 1.54) is 6.42 Å². The standard InChI is InChI=1S/C15H23NO3/c1-17-9-11-7-12(18-2)14(13(8-11)19-3)15(10-16)5-4-6-15/h7-8H,4-6,9-10,16H2,1-3H3. The first-order valence-electron chi connectivity index (χ1n) is 6.65. The molecule has 1 fully saturated rings. The number of benzene rings is 1. The third-order valence-corrected chi connectivity index (χ3v) is 4.11. The number of nitrogens with two attached hydrogens (primary N) is 1. The number of hydrogen-bond donors (Lipinski definition) is 1. The molecule has 2 rings (SSSR count). The van der Waals surface area contributed by atoms with Crippen molar-refractivity contribution in [2.45, 2.75) is 31.3 Å². The lowest BCUT2D eigenvalue weighted by molar-refractivity contribution is 0.183. The van der Waals surface area contributed by atoms with Crippen molar-refractivity contribution in [3.8, 4) is 11.5 Å². The minimum Gasteiger partial charge on any atom is -0.496 e. The average Bonchev–Trinajstić information content (AvgIpc) is 2.39. The van der Waals surface area contributed by atoms with E-state index in [9.17, 15) is 0 Å². The Balaban J connectivity index is 2.51. The van der Waals surface area contributed by atoms with Gasteiger partial charge in [-0.05, 0) is 30.5 Å². The summed E-state index contributed by atoms with van der Waals surface area (Å²) < 4.78 is 16.3. The highest BCUT2D eigenvalue weighted by Crippen LogP contribution is 2.50. The molecule has 0 spiro atoms. The summed E-state index contributed by atoms with van der Waals surface area (Å²) >= 11 is 0. The van der Waals surface area contributed by atoms with E-state index in [1.54, 1.807) is 21.3 Å². The van der Waals surface area contributed by atoms with E-state index in [-0.39, 0.29) is 5.41 Å². The van der Waals surface area contributed by atoms with Gasteiger partial charge in [-0.1, -0.05) is 6.42 Å². The van der Waals surface area contributed by atoms with Crippen molar-refractivity contribution >= 4 is 0 Å². The minimum absolute atomic E-state index is 0.0162. The quantitative estimate of drug-likeness (QED) is 0.857. The lowest BCUT2D eigenvalue weighted by Crippen LogP contribution is -2.42. The molecule has 0 unspecified atom stereocenters. The zero-order valence-corrected chi connectivity index (χ0v) is 12.0. The molecule has 0 atom stereocenters. The summed E-state index contributed by atoms with van der Waals surface area (Å²) in [5, 5.41) is 0. The van der Waals surface area contributed by atoms with Crippen LogP contribution in [0.25, 0.3) is 0 Å². The van der Waals surface area contributed by atoms with E-state index < -0.39 is 0 Å². The highest BCUT2D eigenvalue weighted by Gasteiger charge is 2.42. The molecule has 1 aliphatic carbocycles. The summed E-state index contributed by atoms with van der Waals surface area (Å²) in [6.45, 7) is 1.17. The molecular weight excluding hydrogens is 242 g/mol. The van der Waals surface area contributed by atoms with Gasteiger partial charge >= 0.3 is 0 Å². The lowest BCUT2D eigenvalue weighted by atomic mass is 9.64. The van der Waals surface area contributed by atoms with Gasteiger partial charge in [0.1, 0.15) is 11.5 Å². The predicted molar refractivity (Wildman–Crippen MR) is 74.8 cm³/mol. The van der Waals surface area contributed by atoms with E-state index in [1.807, 2.05) is 12.1 Å². The van der Waals surface area contributed by atoms with Crippen molar-refractivity contribution in [1.82, 2.24) is 0 Å². The molecule has 1 saturated carbocycles. The van der Waals surface area contributed by atoms with Crippen molar-refractivity contribution in [2.24, 2.45) is 5.73 Å². The van der Waals surface area contributed by atoms with Gasteiger partial charge in [0.05, 0.1) is 20.8 Å². The van der Waals surface area contributed by atoms with Gasteiger partial charge in [0.15, 0.2) is 0 Å². The van der Waals surface area contributed by atoms with Gasteiger partial charge in [0.2, 0.25) is 0 Å². The second kappa shape index (κ2) is 5.80. The Kier molecular flexibility index (Phi) is 4.32. The molecule has 2 N–H and O–H groups in total. The number of rotatable bonds is 6. The Labute approximate surface area is 114 Å². The molecular formula is C15H23NO3. The maximum atomic E-state index is 6.01. The molecule has 0 amide bonds. The molecule has 19 heavy (non-hydrogen) atoms. The highest BCUT2D eigenvalue weighted by molar-refractivity contribution is 5.53. The van der Waals surface area contributed by atoms with Crippen molar-refractivity contribution in [3.05, 3.63) is 23.3 Å². The fraction of sp³-hybridized carbons (Fsp3) is 0.600. The van der Waals surface area contributed by atoms with Gasteiger partial charge in [-0.15, -0.1) is 0 Å². The number of methoxy groups -OCH3 is 3. The third kappa shape index (κ3) is 2.42. The molecule has 0 radical (unpaired) electrons. The summed E-state index contributed by atoms with van der Waals surface area (Å²) in [6, 6.07) is 4.05. The number of hydrogen-bond acceptors (Lipinski definition) is 4. The molecule has 106 valence electrons. The van der Waals surface area contributed by atoms with Gasteiger partial charge in [-0.25, -0.2) is 0 Å². The average molecular weight is 265 g/mol. The van der Waals surface area contributed by atoms with Crippen LogP contribution in [0.15, 0.2) is 12.1 Å². The summed E-state index contributed by atoms with van der Waals surface area (Å²) in [4.78, 5) is 0. The minimum atomic E-state index is 0.0162. The lowest BCUT2D eigenvalue weighted by Gasteiger charge is -2.42. The van der Waals surface area contributed by atoms with Crippen LogP contribution in [0.5, 0.6) is 11.5 Å². The Morgan fingerprint density at radius 1 is 1.11 bits per heavy atom. The Morgan fingerprint density at radius 3 is 2.00 bits per heavy atom. The van der Waals surface area contributed by atoms with Crippen molar-refractivity contribution in [2.75, 3.05) is 27.9 Å². The van der Waals surface area contributed by atoms with Crippen LogP contribution >= 0.6 is 0 Å². The van der Waals surface area contributed by atoms with Crippen LogP contribution < -0.4 is 15.2 Å². The molecule has 0 aliphatic heterocycles. The summed E-state index contributed by atoms with van der Waals surface area (Å²) in [5.74, 6) is 1.72. The molecule has 1 aromatic carbocycles. The van der Waals surface area contributed by atoms with Gasteiger partial charge in [-0.3, -0.25) is 0 Å².